The summed E-state index contributed by atoms with van der Waals surface area (Å²) >= 11 is 5.88. The van der Waals surface area contributed by atoms with Crippen molar-refractivity contribution in [1.29, 1.82) is 0 Å². The average molecular weight is 534 g/mol. The zero-order valence-corrected chi connectivity index (χ0v) is 22.1. The number of nitrogens with one attached hydrogen (secondary N) is 1. The Balaban J connectivity index is 1.68. The maximum absolute atomic E-state index is 13.2. The molecule has 0 unspecified atom stereocenters. The van der Waals surface area contributed by atoms with E-state index in [1.54, 1.807) is 6.07 Å². The van der Waals surface area contributed by atoms with E-state index in [0.717, 1.165) is 34.4 Å². The first-order valence-electron chi connectivity index (χ1n) is 12.1. The van der Waals surface area contributed by atoms with Gasteiger partial charge in [-0.15, -0.1) is 0 Å². The molecule has 190 valence electrons. The second-order valence-corrected chi connectivity index (χ2v) is 10.7. The number of ether oxygens (including phenoxy) is 1. The Bertz CT molecular complexity index is 1470. The van der Waals surface area contributed by atoms with Crippen LogP contribution in [0.15, 0.2) is 102 Å². The van der Waals surface area contributed by atoms with Gasteiger partial charge >= 0.3 is 0 Å². The Morgan fingerprint density at radius 1 is 0.865 bits per heavy atom. The summed E-state index contributed by atoms with van der Waals surface area (Å²) in [5, 5.41) is 0.410. The molecule has 0 aromatic heterocycles. The van der Waals surface area contributed by atoms with Crippen molar-refractivity contribution in [3.8, 4) is 16.9 Å². The zero-order chi connectivity index (χ0) is 26.3. The van der Waals surface area contributed by atoms with Crippen molar-refractivity contribution in [3.63, 3.8) is 0 Å². The number of para-hydroxylation sites is 1. The van der Waals surface area contributed by atoms with Crippen molar-refractivity contribution in [2.24, 2.45) is 0 Å². The normalized spacial score (nSPS) is 11.2. The highest BCUT2D eigenvalue weighted by molar-refractivity contribution is 7.90. The van der Waals surface area contributed by atoms with Gasteiger partial charge in [0.1, 0.15) is 5.75 Å². The summed E-state index contributed by atoms with van der Waals surface area (Å²) in [5.74, 6) is 0.0842. The van der Waals surface area contributed by atoms with Crippen molar-refractivity contribution >= 4 is 27.5 Å². The lowest BCUT2D eigenvalue weighted by atomic mass is 9.94. The highest BCUT2D eigenvalue weighted by Crippen LogP contribution is 2.32. The number of aryl methyl sites for hydroxylation is 2. The van der Waals surface area contributed by atoms with Gasteiger partial charge in [0.15, 0.2) is 0 Å². The molecule has 4 aromatic rings. The maximum Gasteiger partial charge on any atom is 0.265 e. The first-order valence-corrected chi connectivity index (χ1v) is 14.0. The molecule has 4 rings (SSSR count). The first kappa shape index (κ1) is 26.5. The lowest BCUT2D eigenvalue weighted by molar-refractivity contribution is 0.0980. The molecule has 0 radical (unpaired) electrons. The van der Waals surface area contributed by atoms with Gasteiger partial charge in [-0.05, 0) is 72.4 Å². The number of rotatable bonds is 10. The largest absolute Gasteiger partial charge is 0.493 e. The Hall–Kier alpha value is -3.61. The third-order valence-corrected chi connectivity index (χ3v) is 7.49. The Morgan fingerprint density at radius 2 is 1.57 bits per heavy atom. The average Bonchev–Trinajstić information content (AvgIpc) is 2.91. The van der Waals surface area contributed by atoms with E-state index in [2.05, 4.69) is 11.6 Å². The summed E-state index contributed by atoms with van der Waals surface area (Å²) in [5.41, 5.74) is 3.99. The summed E-state index contributed by atoms with van der Waals surface area (Å²) in [6, 6.07) is 28.9. The Morgan fingerprint density at radius 3 is 2.30 bits per heavy atom. The Labute approximate surface area is 223 Å². The van der Waals surface area contributed by atoms with E-state index in [1.165, 1.54) is 24.3 Å². The fourth-order valence-electron chi connectivity index (χ4n) is 4.01. The van der Waals surface area contributed by atoms with Crippen LogP contribution in [0.1, 0.15) is 34.8 Å². The van der Waals surface area contributed by atoms with Gasteiger partial charge in [-0.3, -0.25) is 4.79 Å². The van der Waals surface area contributed by atoms with Gasteiger partial charge in [0, 0.05) is 16.1 Å². The van der Waals surface area contributed by atoms with E-state index in [1.807, 2.05) is 66.7 Å². The van der Waals surface area contributed by atoms with E-state index in [0.29, 0.717) is 30.0 Å². The molecule has 0 aliphatic rings. The summed E-state index contributed by atoms with van der Waals surface area (Å²) < 4.78 is 33.9. The molecule has 0 aliphatic carbocycles. The summed E-state index contributed by atoms with van der Waals surface area (Å²) in [4.78, 5) is 13.2. The molecule has 1 N–H and O–H groups in total. The van der Waals surface area contributed by atoms with Crippen LogP contribution in [0.25, 0.3) is 11.1 Å². The lowest BCUT2D eigenvalue weighted by Gasteiger charge is -2.15. The summed E-state index contributed by atoms with van der Waals surface area (Å²) in [6.45, 7) is 2.65. The monoisotopic (exact) mass is 533 g/mol. The van der Waals surface area contributed by atoms with E-state index in [4.69, 9.17) is 16.3 Å². The van der Waals surface area contributed by atoms with Gasteiger partial charge < -0.3 is 4.74 Å². The number of benzene rings is 4. The molecule has 37 heavy (non-hydrogen) atoms. The van der Waals surface area contributed by atoms with Crippen LogP contribution in [0.2, 0.25) is 5.02 Å². The number of hydrogen-bond donors (Lipinski definition) is 1. The number of halogens is 1. The second-order valence-electron chi connectivity index (χ2n) is 8.59. The molecule has 4 aromatic carbocycles. The molecule has 7 heteroatoms. The van der Waals surface area contributed by atoms with Crippen LogP contribution >= 0.6 is 11.6 Å². The molecule has 1 amide bonds. The quantitative estimate of drug-likeness (QED) is 0.246. The fourth-order valence-corrected chi connectivity index (χ4v) is 5.10. The van der Waals surface area contributed by atoms with E-state index in [-0.39, 0.29) is 4.90 Å². The third-order valence-electron chi connectivity index (χ3n) is 5.89. The van der Waals surface area contributed by atoms with Crippen LogP contribution in [-0.4, -0.2) is 20.9 Å². The molecule has 0 saturated carbocycles. The van der Waals surface area contributed by atoms with Crippen molar-refractivity contribution in [2.45, 2.75) is 31.1 Å². The lowest BCUT2D eigenvalue weighted by Crippen LogP contribution is -2.31. The summed E-state index contributed by atoms with van der Waals surface area (Å²) in [7, 11) is -4.07. The second kappa shape index (κ2) is 12.1. The predicted molar refractivity (Wildman–Crippen MR) is 148 cm³/mol. The summed E-state index contributed by atoms with van der Waals surface area (Å²) in [6.07, 6.45) is 2.14. The van der Waals surface area contributed by atoms with Crippen LogP contribution in [0, 0.1) is 0 Å². The fraction of sp³-hybridized carbons (Fsp3) is 0.167. The molecule has 0 saturated heterocycles. The van der Waals surface area contributed by atoms with Crippen LogP contribution in [0.5, 0.6) is 5.75 Å². The molecule has 0 heterocycles. The minimum absolute atomic E-state index is 0.0327. The minimum atomic E-state index is -4.07. The van der Waals surface area contributed by atoms with Crippen molar-refractivity contribution in [3.05, 3.63) is 119 Å². The van der Waals surface area contributed by atoms with Crippen molar-refractivity contribution < 1.29 is 17.9 Å². The molecule has 0 spiro atoms. The van der Waals surface area contributed by atoms with Crippen LogP contribution < -0.4 is 9.46 Å². The van der Waals surface area contributed by atoms with Crippen LogP contribution in [0.3, 0.4) is 0 Å². The van der Waals surface area contributed by atoms with Gasteiger partial charge in [-0.1, -0.05) is 79.2 Å². The third kappa shape index (κ3) is 6.79. The van der Waals surface area contributed by atoms with E-state index >= 15 is 0 Å². The van der Waals surface area contributed by atoms with Gasteiger partial charge in [0.05, 0.1) is 11.5 Å². The smallest absolute Gasteiger partial charge is 0.265 e. The van der Waals surface area contributed by atoms with E-state index in [9.17, 15) is 13.2 Å². The predicted octanol–water partition coefficient (Wildman–Crippen LogP) is 6.70. The van der Waals surface area contributed by atoms with Gasteiger partial charge in [0.2, 0.25) is 0 Å². The van der Waals surface area contributed by atoms with Gasteiger partial charge in [0.25, 0.3) is 15.9 Å². The van der Waals surface area contributed by atoms with Crippen molar-refractivity contribution in [1.82, 2.24) is 4.72 Å². The molecular formula is C30H28ClNO4S. The number of carbonyl (C=O) groups is 1. The standard InChI is InChI=1S/C30H28ClNO4S/c1-2-20-36-29-11-7-6-10-27(29)23-14-19-28(24(21-23)13-12-22-8-4-3-5-9-22)30(33)32-37(34,35)26-17-15-25(31)16-18-26/h3-11,14-19,21H,2,12-13,20H2,1H3,(H,32,33). The number of amides is 1. The number of sulfonamides is 1. The molecule has 0 atom stereocenters. The highest BCUT2D eigenvalue weighted by atomic mass is 35.5. The van der Waals surface area contributed by atoms with E-state index < -0.39 is 15.9 Å². The minimum Gasteiger partial charge on any atom is -0.493 e. The van der Waals surface area contributed by atoms with Crippen LogP contribution in [0.4, 0.5) is 0 Å². The molecule has 5 nitrogen and oxygen atoms in total. The molecule has 0 fully saturated rings. The number of carbonyl (C=O) groups excluding carboxylic acids is 1. The molecular weight excluding hydrogens is 506 g/mol. The Kier molecular flexibility index (Phi) is 8.64. The SMILES string of the molecule is CCCOc1ccccc1-c1ccc(C(=O)NS(=O)(=O)c2ccc(Cl)cc2)c(CCc2ccccc2)c1. The van der Waals surface area contributed by atoms with Gasteiger partial charge in [-0.25, -0.2) is 13.1 Å². The highest BCUT2D eigenvalue weighted by Gasteiger charge is 2.21. The van der Waals surface area contributed by atoms with Gasteiger partial charge in [-0.2, -0.15) is 0 Å². The number of hydrogen-bond acceptors (Lipinski definition) is 4. The zero-order valence-electron chi connectivity index (χ0n) is 20.5. The molecule has 0 bridgehead atoms. The molecule has 0 aliphatic heterocycles. The topological polar surface area (TPSA) is 72.5 Å². The van der Waals surface area contributed by atoms with Crippen LogP contribution in [-0.2, 0) is 22.9 Å². The van der Waals surface area contributed by atoms with Crippen molar-refractivity contribution in [2.75, 3.05) is 6.61 Å². The first-order chi connectivity index (χ1) is 17.9. The maximum atomic E-state index is 13.2.